The molecule has 0 aliphatic heterocycles. The lowest BCUT2D eigenvalue weighted by atomic mass is 10.0. The maximum atomic E-state index is 11.1. The topological polar surface area (TPSA) is 99.4 Å². The maximum absolute atomic E-state index is 11.1. The molecule has 0 aliphatic carbocycles. The van der Waals surface area contributed by atoms with E-state index in [0.717, 1.165) is 22.2 Å². The van der Waals surface area contributed by atoms with Crippen molar-refractivity contribution in [3.05, 3.63) is 42.5 Å². The highest BCUT2D eigenvalue weighted by Crippen LogP contribution is 2.29. The number of methoxy groups -OCH3 is 1. The predicted octanol–water partition coefficient (Wildman–Crippen LogP) is 2.86. The van der Waals surface area contributed by atoms with Crippen molar-refractivity contribution in [2.75, 3.05) is 31.4 Å². The van der Waals surface area contributed by atoms with Crippen molar-refractivity contribution in [2.24, 2.45) is 0 Å². The molecule has 0 aliphatic rings. The number of nitrogens with zero attached hydrogens (tertiary/aromatic N) is 2. The van der Waals surface area contributed by atoms with Crippen LogP contribution in [0.2, 0.25) is 0 Å². The quantitative estimate of drug-likeness (QED) is 0.662. The summed E-state index contributed by atoms with van der Waals surface area (Å²) in [5.74, 6) is 0.495. The molecule has 3 aromatic rings. The summed E-state index contributed by atoms with van der Waals surface area (Å²) in [5.41, 5.74) is 9.21. The molecule has 26 heavy (non-hydrogen) atoms. The van der Waals surface area contributed by atoms with Crippen LogP contribution in [0.15, 0.2) is 42.5 Å². The number of nitrogen functional groups attached to an aromatic ring is 1. The number of carbonyl (C=O) groups excluding carboxylic acids is 1. The molecule has 3 rings (SSSR count). The Balaban J connectivity index is 1.95. The zero-order valence-electron chi connectivity index (χ0n) is 14.7. The number of amides is 1. The van der Waals surface area contributed by atoms with Gasteiger partial charge in [-0.25, -0.2) is 4.98 Å². The fourth-order valence-electron chi connectivity index (χ4n) is 2.58. The lowest BCUT2D eigenvalue weighted by Crippen LogP contribution is -2.07. The molecule has 134 valence electrons. The first-order chi connectivity index (χ1) is 12.6. The van der Waals surface area contributed by atoms with Gasteiger partial charge in [0.2, 0.25) is 17.7 Å². The molecule has 0 saturated heterocycles. The number of nitrogens with two attached hydrogens (primary N) is 1. The van der Waals surface area contributed by atoms with Crippen LogP contribution >= 0.6 is 0 Å². The third-order valence-electron chi connectivity index (χ3n) is 3.74. The summed E-state index contributed by atoms with van der Waals surface area (Å²) in [5, 5.41) is 3.53. The van der Waals surface area contributed by atoms with Crippen molar-refractivity contribution in [1.82, 2.24) is 9.97 Å². The summed E-state index contributed by atoms with van der Waals surface area (Å²) in [4.78, 5) is 19.6. The van der Waals surface area contributed by atoms with E-state index in [1.807, 2.05) is 42.5 Å². The second kappa shape index (κ2) is 7.79. The molecular formula is C19H20N4O3. The Hall–Kier alpha value is -3.19. The van der Waals surface area contributed by atoms with Gasteiger partial charge in [0.15, 0.2) is 0 Å². The van der Waals surface area contributed by atoms with E-state index in [1.54, 1.807) is 7.11 Å². The number of carbonyl (C=O) groups is 1. The summed E-state index contributed by atoms with van der Waals surface area (Å²) in [6.07, 6.45) is 0. The van der Waals surface area contributed by atoms with E-state index < -0.39 is 0 Å². The number of fused-ring (bicyclic) bond motifs is 1. The van der Waals surface area contributed by atoms with Gasteiger partial charge in [-0.3, -0.25) is 4.79 Å². The van der Waals surface area contributed by atoms with Gasteiger partial charge in [0.25, 0.3) is 0 Å². The molecule has 0 unspecified atom stereocenters. The maximum Gasteiger partial charge on any atom is 0.226 e. The highest BCUT2D eigenvalue weighted by Gasteiger charge is 2.10. The molecule has 3 N–H and O–H groups in total. The number of ether oxygens (including phenoxy) is 2. The Morgan fingerprint density at radius 3 is 2.50 bits per heavy atom. The number of anilines is 2. The normalized spacial score (nSPS) is 10.7. The van der Waals surface area contributed by atoms with Crippen LogP contribution in [0, 0.1) is 0 Å². The van der Waals surface area contributed by atoms with Crippen LogP contribution in [0.25, 0.3) is 22.0 Å². The number of aromatic nitrogens is 2. The lowest BCUT2D eigenvalue weighted by Gasteiger charge is -2.10. The zero-order chi connectivity index (χ0) is 18.5. The molecule has 0 bridgehead atoms. The first-order valence-corrected chi connectivity index (χ1v) is 8.14. The minimum absolute atomic E-state index is 0.101. The smallest absolute Gasteiger partial charge is 0.226 e. The van der Waals surface area contributed by atoms with Crippen molar-refractivity contribution < 1.29 is 14.3 Å². The average molecular weight is 352 g/mol. The Bertz CT molecular complexity index is 926. The second-order valence-corrected chi connectivity index (χ2v) is 5.72. The van der Waals surface area contributed by atoms with Crippen molar-refractivity contribution in [3.8, 4) is 17.0 Å². The Morgan fingerprint density at radius 2 is 1.81 bits per heavy atom. The third kappa shape index (κ3) is 4.07. The SMILES string of the molecule is COCCOc1nc(N)nc2ccc(-c3ccc(NC(C)=O)cc3)cc12. The largest absolute Gasteiger partial charge is 0.475 e. The van der Waals surface area contributed by atoms with Gasteiger partial charge in [0.05, 0.1) is 17.5 Å². The van der Waals surface area contributed by atoms with Crippen LogP contribution < -0.4 is 15.8 Å². The van der Waals surface area contributed by atoms with E-state index in [9.17, 15) is 4.79 Å². The van der Waals surface area contributed by atoms with Gasteiger partial charge in [-0.1, -0.05) is 18.2 Å². The Labute approximate surface area is 151 Å². The van der Waals surface area contributed by atoms with Crippen LogP contribution in [0.1, 0.15) is 6.92 Å². The molecule has 0 radical (unpaired) electrons. The van der Waals surface area contributed by atoms with E-state index in [-0.39, 0.29) is 11.9 Å². The van der Waals surface area contributed by atoms with Crippen LogP contribution in [-0.4, -0.2) is 36.2 Å². The number of hydrogen-bond acceptors (Lipinski definition) is 6. The van der Waals surface area contributed by atoms with Gasteiger partial charge in [-0.05, 0) is 35.4 Å². The van der Waals surface area contributed by atoms with Crippen LogP contribution in [0.4, 0.5) is 11.6 Å². The fourth-order valence-corrected chi connectivity index (χ4v) is 2.58. The first kappa shape index (κ1) is 17.6. The Kier molecular flexibility index (Phi) is 5.28. The van der Waals surface area contributed by atoms with Crippen LogP contribution in [-0.2, 0) is 9.53 Å². The number of hydrogen-bond donors (Lipinski definition) is 2. The number of benzene rings is 2. The second-order valence-electron chi connectivity index (χ2n) is 5.72. The summed E-state index contributed by atoms with van der Waals surface area (Å²) < 4.78 is 10.7. The molecule has 1 heterocycles. The van der Waals surface area contributed by atoms with Crippen molar-refractivity contribution in [1.29, 1.82) is 0 Å². The van der Waals surface area contributed by atoms with Crippen LogP contribution in [0.5, 0.6) is 5.88 Å². The van der Waals surface area contributed by atoms with Crippen molar-refractivity contribution in [3.63, 3.8) is 0 Å². The molecule has 1 aromatic heterocycles. The first-order valence-electron chi connectivity index (χ1n) is 8.14. The molecule has 0 fully saturated rings. The van der Waals surface area contributed by atoms with E-state index in [2.05, 4.69) is 15.3 Å². The Morgan fingerprint density at radius 1 is 1.08 bits per heavy atom. The monoisotopic (exact) mass is 352 g/mol. The zero-order valence-corrected chi connectivity index (χ0v) is 14.7. The van der Waals surface area contributed by atoms with E-state index in [1.165, 1.54) is 6.92 Å². The van der Waals surface area contributed by atoms with E-state index in [4.69, 9.17) is 15.2 Å². The number of nitrogens with one attached hydrogen (secondary N) is 1. The molecule has 2 aromatic carbocycles. The van der Waals surface area contributed by atoms with E-state index in [0.29, 0.717) is 24.6 Å². The fraction of sp³-hybridized carbons (Fsp3) is 0.211. The van der Waals surface area contributed by atoms with Gasteiger partial charge in [-0.2, -0.15) is 4.98 Å². The predicted molar refractivity (Wildman–Crippen MR) is 101 cm³/mol. The molecule has 1 amide bonds. The molecule has 0 atom stereocenters. The summed E-state index contributed by atoms with van der Waals surface area (Å²) >= 11 is 0. The van der Waals surface area contributed by atoms with Gasteiger partial charge in [0.1, 0.15) is 6.61 Å². The average Bonchev–Trinajstić information content (AvgIpc) is 2.61. The third-order valence-corrected chi connectivity index (χ3v) is 3.74. The summed E-state index contributed by atoms with van der Waals surface area (Å²) in [7, 11) is 1.61. The molecule has 0 spiro atoms. The van der Waals surface area contributed by atoms with Crippen LogP contribution in [0.3, 0.4) is 0 Å². The van der Waals surface area contributed by atoms with Crippen molar-refractivity contribution >= 4 is 28.4 Å². The van der Waals surface area contributed by atoms with Crippen molar-refractivity contribution in [2.45, 2.75) is 6.92 Å². The molecular weight excluding hydrogens is 332 g/mol. The molecule has 7 heteroatoms. The standard InChI is InChI=1S/C19H20N4O3/c1-12(24)21-15-6-3-13(4-7-15)14-5-8-17-16(11-14)18(23-19(20)22-17)26-10-9-25-2/h3-8,11H,9-10H2,1-2H3,(H,21,24)(H2,20,22,23). The lowest BCUT2D eigenvalue weighted by molar-refractivity contribution is -0.114. The highest BCUT2D eigenvalue weighted by atomic mass is 16.5. The minimum Gasteiger partial charge on any atom is -0.475 e. The summed E-state index contributed by atoms with van der Waals surface area (Å²) in [6, 6.07) is 13.4. The van der Waals surface area contributed by atoms with Gasteiger partial charge in [0, 0.05) is 19.7 Å². The molecule has 0 saturated carbocycles. The van der Waals surface area contributed by atoms with Gasteiger partial charge < -0.3 is 20.5 Å². The summed E-state index contributed by atoms with van der Waals surface area (Å²) in [6.45, 7) is 2.31. The molecule has 7 nitrogen and oxygen atoms in total. The highest BCUT2D eigenvalue weighted by molar-refractivity contribution is 5.90. The number of rotatable bonds is 6. The van der Waals surface area contributed by atoms with Gasteiger partial charge >= 0.3 is 0 Å². The van der Waals surface area contributed by atoms with Gasteiger partial charge in [-0.15, -0.1) is 0 Å². The minimum atomic E-state index is -0.101. The van der Waals surface area contributed by atoms with E-state index >= 15 is 0 Å².